The van der Waals surface area contributed by atoms with Crippen molar-refractivity contribution < 1.29 is 5.11 Å². The maximum absolute atomic E-state index is 9.32. The molecule has 0 amide bonds. The van der Waals surface area contributed by atoms with Crippen molar-refractivity contribution in [3.8, 4) is 0 Å². The lowest BCUT2D eigenvalue weighted by molar-refractivity contribution is 0.179. The van der Waals surface area contributed by atoms with Gasteiger partial charge in [0, 0.05) is 18.7 Å². The van der Waals surface area contributed by atoms with E-state index in [1.54, 1.807) is 6.92 Å². The highest BCUT2D eigenvalue weighted by molar-refractivity contribution is 5.51. The van der Waals surface area contributed by atoms with Crippen molar-refractivity contribution in [2.45, 2.75) is 45.8 Å². The molecule has 6 heteroatoms. The molecule has 0 aliphatic rings. The fourth-order valence-electron chi connectivity index (χ4n) is 1.71. The van der Waals surface area contributed by atoms with Crippen LogP contribution in [0.15, 0.2) is 6.07 Å². The Morgan fingerprint density at radius 1 is 1.33 bits per heavy atom. The van der Waals surface area contributed by atoms with Crippen LogP contribution in [0.1, 0.15) is 33.6 Å². The second-order valence-electron chi connectivity index (χ2n) is 4.55. The molecule has 6 nitrogen and oxygen atoms in total. The van der Waals surface area contributed by atoms with E-state index in [4.69, 9.17) is 5.73 Å². The first-order valence-electron chi connectivity index (χ1n) is 6.34. The Labute approximate surface area is 108 Å². The quantitative estimate of drug-likeness (QED) is 0.587. The molecule has 0 saturated heterocycles. The number of hydrogen-bond donors (Lipinski definition) is 4. The van der Waals surface area contributed by atoms with Crippen molar-refractivity contribution in [3.05, 3.63) is 6.07 Å². The molecule has 1 aromatic rings. The molecular weight excluding hydrogens is 230 g/mol. The van der Waals surface area contributed by atoms with Crippen molar-refractivity contribution in [1.82, 2.24) is 9.97 Å². The van der Waals surface area contributed by atoms with Gasteiger partial charge in [0.15, 0.2) is 0 Å². The van der Waals surface area contributed by atoms with Crippen molar-refractivity contribution in [2.24, 2.45) is 0 Å². The highest BCUT2D eigenvalue weighted by atomic mass is 16.3. The molecule has 1 rings (SSSR count). The number of rotatable bonds is 7. The predicted molar refractivity (Wildman–Crippen MR) is 74.6 cm³/mol. The van der Waals surface area contributed by atoms with E-state index in [0.29, 0.717) is 12.2 Å². The number of aromatic nitrogens is 2. The second-order valence-corrected chi connectivity index (χ2v) is 4.55. The van der Waals surface area contributed by atoms with E-state index in [9.17, 15) is 5.11 Å². The average Bonchev–Trinajstić information content (AvgIpc) is 2.24. The summed E-state index contributed by atoms with van der Waals surface area (Å²) >= 11 is 0. The van der Waals surface area contributed by atoms with Gasteiger partial charge in [0.05, 0.1) is 6.10 Å². The molecule has 0 aliphatic carbocycles. The molecule has 5 N–H and O–H groups in total. The summed E-state index contributed by atoms with van der Waals surface area (Å²) in [6.07, 6.45) is 1.33. The van der Waals surface area contributed by atoms with Crippen LogP contribution in [0.4, 0.5) is 17.6 Å². The zero-order valence-electron chi connectivity index (χ0n) is 11.3. The first-order chi connectivity index (χ1) is 8.51. The lowest BCUT2D eigenvalue weighted by atomic mass is 10.1. The molecule has 2 unspecified atom stereocenters. The molecule has 2 atom stereocenters. The Balaban J connectivity index is 2.67. The molecule has 0 saturated carbocycles. The fourth-order valence-corrected chi connectivity index (χ4v) is 1.71. The van der Waals surface area contributed by atoms with Gasteiger partial charge in [0.25, 0.3) is 0 Å². The lowest BCUT2D eigenvalue weighted by Gasteiger charge is -2.16. The number of nitrogens with zero attached hydrogens (tertiary/aromatic N) is 2. The SMILES string of the molecule is CCCNc1cc(NC(C)CC(C)O)nc(N)n1. The first-order valence-corrected chi connectivity index (χ1v) is 6.34. The molecule has 102 valence electrons. The van der Waals surface area contributed by atoms with Crippen LogP contribution in [0, 0.1) is 0 Å². The highest BCUT2D eigenvalue weighted by Gasteiger charge is 2.08. The Morgan fingerprint density at radius 3 is 2.61 bits per heavy atom. The van der Waals surface area contributed by atoms with Gasteiger partial charge in [-0.15, -0.1) is 0 Å². The largest absolute Gasteiger partial charge is 0.393 e. The summed E-state index contributed by atoms with van der Waals surface area (Å²) in [6.45, 7) is 6.69. The molecular formula is C12H23N5O. The normalized spacial score (nSPS) is 14.0. The minimum Gasteiger partial charge on any atom is -0.393 e. The van der Waals surface area contributed by atoms with E-state index < -0.39 is 0 Å². The molecule has 0 aliphatic heterocycles. The van der Waals surface area contributed by atoms with Crippen LogP contribution in [-0.2, 0) is 0 Å². The number of hydrogen-bond acceptors (Lipinski definition) is 6. The van der Waals surface area contributed by atoms with E-state index in [-0.39, 0.29) is 18.1 Å². The molecule has 0 radical (unpaired) electrons. The van der Waals surface area contributed by atoms with Gasteiger partial charge in [-0.3, -0.25) is 0 Å². The van der Waals surface area contributed by atoms with Gasteiger partial charge in [-0.25, -0.2) is 0 Å². The predicted octanol–water partition coefficient (Wildman–Crippen LogP) is 1.45. The van der Waals surface area contributed by atoms with E-state index in [0.717, 1.165) is 18.8 Å². The topological polar surface area (TPSA) is 96.1 Å². The number of aliphatic hydroxyl groups excluding tert-OH is 1. The number of nitrogens with two attached hydrogens (primary N) is 1. The summed E-state index contributed by atoms with van der Waals surface area (Å²) in [7, 11) is 0. The second kappa shape index (κ2) is 7.00. The van der Waals surface area contributed by atoms with Gasteiger partial charge in [-0.2, -0.15) is 9.97 Å². The smallest absolute Gasteiger partial charge is 0.223 e. The molecule has 0 bridgehead atoms. The lowest BCUT2D eigenvalue weighted by Crippen LogP contribution is -2.21. The third-order valence-electron chi connectivity index (χ3n) is 2.39. The zero-order chi connectivity index (χ0) is 13.5. The maximum Gasteiger partial charge on any atom is 0.223 e. The van der Waals surface area contributed by atoms with E-state index in [1.807, 2.05) is 13.0 Å². The van der Waals surface area contributed by atoms with Crippen molar-refractivity contribution in [2.75, 3.05) is 22.9 Å². The molecule has 0 aromatic carbocycles. The summed E-state index contributed by atoms with van der Waals surface area (Å²) < 4.78 is 0. The van der Waals surface area contributed by atoms with Crippen molar-refractivity contribution in [1.29, 1.82) is 0 Å². The number of nitrogens with one attached hydrogen (secondary N) is 2. The minimum atomic E-state index is -0.343. The third kappa shape index (κ3) is 5.18. The Morgan fingerprint density at radius 2 is 2.00 bits per heavy atom. The molecule has 1 aromatic heterocycles. The van der Waals surface area contributed by atoms with Gasteiger partial charge >= 0.3 is 0 Å². The van der Waals surface area contributed by atoms with Crippen LogP contribution in [0.2, 0.25) is 0 Å². The van der Waals surface area contributed by atoms with E-state index in [2.05, 4.69) is 27.5 Å². The zero-order valence-corrected chi connectivity index (χ0v) is 11.3. The van der Waals surface area contributed by atoms with Gasteiger partial charge in [0.1, 0.15) is 11.6 Å². The average molecular weight is 253 g/mol. The molecule has 18 heavy (non-hydrogen) atoms. The number of aliphatic hydroxyl groups is 1. The molecule has 0 fully saturated rings. The van der Waals surface area contributed by atoms with Crippen LogP contribution in [0.25, 0.3) is 0 Å². The molecule has 1 heterocycles. The van der Waals surface area contributed by atoms with Crippen molar-refractivity contribution >= 4 is 17.6 Å². The van der Waals surface area contributed by atoms with Crippen LogP contribution < -0.4 is 16.4 Å². The highest BCUT2D eigenvalue weighted by Crippen LogP contribution is 2.14. The summed E-state index contributed by atoms with van der Waals surface area (Å²) in [4.78, 5) is 8.23. The molecule has 0 spiro atoms. The fraction of sp³-hybridized carbons (Fsp3) is 0.667. The Bertz CT molecular complexity index is 369. The van der Waals surface area contributed by atoms with E-state index >= 15 is 0 Å². The minimum absolute atomic E-state index is 0.123. The van der Waals surface area contributed by atoms with Crippen LogP contribution >= 0.6 is 0 Å². The number of anilines is 3. The van der Waals surface area contributed by atoms with Gasteiger partial charge in [0.2, 0.25) is 5.95 Å². The van der Waals surface area contributed by atoms with Crippen molar-refractivity contribution in [3.63, 3.8) is 0 Å². The van der Waals surface area contributed by atoms with Crippen LogP contribution in [0.3, 0.4) is 0 Å². The maximum atomic E-state index is 9.32. The van der Waals surface area contributed by atoms with Gasteiger partial charge in [-0.05, 0) is 26.7 Å². The van der Waals surface area contributed by atoms with Crippen LogP contribution in [0.5, 0.6) is 0 Å². The summed E-state index contributed by atoms with van der Waals surface area (Å²) in [5.41, 5.74) is 5.66. The summed E-state index contributed by atoms with van der Waals surface area (Å²) in [5.74, 6) is 1.63. The van der Waals surface area contributed by atoms with Gasteiger partial charge < -0.3 is 21.5 Å². The monoisotopic (exact) mass is 253 g/mol. The Hall–Kier alpha value is -1.56. The standard InChI is InChI=1S/C12H23N5O/c1-4-5-14-10-7-11(17-12(13)16-10)15-8(2)6-9(3)18/h7-9,18H,4-6H2,1-3H3,(H4,13,14,15,16,17). The van der Waals surface area contributed by atoms with Gasteiger partial charge in [-0.1, -0.05) is 6.92 Å². The number of nitrogen functional groups attached to an aromatic ring is 1. The van der Waals surface area contributed by atoms with Crippen LogP contribution in [-0.4, -0.2) is 33.8 Å². The summed E-state index contributed by atoms with van der Waals surface area (Å²) in [6, 6.07) is 1.95. The Kier molecular flexibility index (Phi) is 5.64. The first kappa shape index (κ1) is 14.5. The third-order valence-corrected chi connectivity index (χ3v) is 2.39. The van der Waals surface area contributed by atoms with E-state index in [1.165, 1.54) is 0 Å². The summed E-state index contributed by atoms with van der Waals surface area (Å²) in [5, 5.41) is 15.7.